The van der Waals surface area contributed by atoms with Crippen LogP contribution in [-0.4, -0.2) is 56.3 Å². The van der Waals surface area contributed by atoms with Crippen LogP contribution >= 0.6 is 11.8 Å². The third-order valence-electron chi connectivity index (χ3n) is 3.79. The van der Waals surface area contributed by atoms with Gasteiger partial charge in [-0.05, 0) is 26.7 Å². The van der Waals surface area contributed by atoms with Gasteiger partial charge in [-0.3, -0.25) is 14.4 Å². The van der Waals surface area contributed by atoms with Gasteiger partial charge in [-0.25, -0.2) is 0 Å². The zero-order valence-electron chi connectivity index (χ0n) is 15.8. The van der Waals surface area contributed by atoms with Crippen molar-refractivity contribution in [3.05, 3.63) is 0 Å². The molecule has 0 fully saturated rings. The van der Waals surface area contributed by atoms with Gasteiger partial charge >= 0.3 is 17.9 Å². The Morgan fingerprint density at radius 1 is 1.24 bits per heavy atom. The molecule has 0 aromatic heterocycles. The van der Waals surface area contributed by atoms with Gasteiger partial charge < -0.3 is 19.9 Å². The van der Waals surface area contributed by atoms with Crippen molar-refractivity contribution in [1.29, 1.82) is 0 Å². The van der Waals surface area contributed by atoms with E-state index >= 15 is 0 Å². The van der Waals surface area contributed by atoms with Crippen molar-refractivity contribution >= 4 is 29.7 Å². The fraction of sp³-hybridized carbons (Fsp3) is 0.824. The first-order valence-corrected chi connectivity index (χ1v) is 9.73. The van der Waals surface area contributed by atoms with Gasteiger partial charge in [0.25, 0.3) is 0 Å². The van der Waals surface area contributed by atoms with E-state index in [0.29, 0.717) is 43.9 Å². The van der Waals surface area contributed by atoms with Gasteiger partial charge in [0.15, 0.2) is 0 Å². The van der Waals surface area contributed by atoms with E-state index in [2.05, 4.69) is 10.5 Å². The molecule has 2 unspecified atom stereocenters. The SMILES string of the molecule is CCOC(=O)C(C)CCC(C)(CSCCC(=O)OC)C(=O)OCC[NH3+]. The molecule has 3 N–H and O–H groups in total. The van der Waals surface area contributed by atoms with E-state index in [9.17, 15) is 14.4 Å². The summed E-state index contributed by atoms with van der Waals surface area (Å²) in [7, 11) is 1.35. The van der Waals surface area contributed by atoms with Crippen molar-refractivity contribution in [2.75, 3.05) is 38.4 Å². The maximum atomic E-state index is 12.4. The summed E-state index contributed by atoms with van der Waals surface area (Å²) in [4.78, 5) is 35.4. The highest BCUT2D eigenvalue weighted by Gasteiger charge is 2.35. The van der Waals surface area contributed by atoms with Crippen LogP contribution in [0.4, 0.5) is 0 Å². The highest BCUT2D eigenvalue weighted by molar-refractivity contribution is 7.99. The summed E-state index contributed by atoms with van der Waals surface area (Å²) in [6.07, 6.45) is 1.34. The monoisotopic (exact) mass is 378 g/mol. The van der Waals surface area contributed by atoms with Crippen molar-refractivity contribution in [1.82, 2.24) is 0 Å². The fourth-order valence-corrected chi connectivity index (χ4v) is 3.23. The number of methoxy groups -OCH3 is 1. The first-order chi connectivity index (χ1) is 11.8. The minimum atomic E-state index is -0.725. The van der Waals surface area contributed by atoms with Crippen molar-refractivity contribution in [2.45, 2.75) is 40.0 Å². The van der Waals surface area contributed by atoms with Gasteiger partial charge in [0.05, 0.1) is 31.5 Å². The quantitative estimate of drug-likeness (QED) is 0.290. The molecule has 0 amide bonds. The summed E-state index contributed by atoms with van der Waals surface area (Å²) >= 11 is 1.50. The van der Waals surface area contributed by atoms with E-state index < -0.39 is 5.41 Å². The Balaban J connectivity index is 4.68. The molecule has 0 saturated heterocycles. The lowest BCUT2D eigenvalue weighted by Gasteiger charge is -2.27. The average molecular weight is 379 g/mol. The van der Waals surface area contributed by atoms with Crippen LogP contribution < -0.4 is 5.73 Å². The molecule has 0 saturated carbocycles. The van der Waals surface area contributed by atoms with Gasteiger partial charge in [0.1, 0.15) is 13.2 Å². The second-order valence-electron chi connectivity index (χ2n) is 6.12. The molecule has 0 bridgehead atoms. The number of rotatable bonds is 13. The molecule has 8 heteroatoms. The number of quaternary nitrogens is 1. The number of carbonyl (C=O) groups is 3. The van der Waals surface area contributed by atoms with Crippen LogP contribution in [-0.2, 0) is 28.6 Å². The molecular formula is C17H32NO6S+. The third kappa shape index (κ3) is 9.69. The number of hydrogen-bond acceptors (Lipinski definition) is 7. The summed E-state index contributed by atoms with van der Waals surface area (Å²) in [5.74, 6) is -0.0229. The maximum Gasteiger partial charge on any atom is 0.312 e. The molecular weight excluding hydrogens is 346 g/mol. The lowest BCUT2D eigenvalue weighted by Crippen LogP contribution is -2.53. The number of carbonyl (C=O) groups excluding carboxylic acids is 3. The van der Waals surface area contributed by atoms with Crippen molar-refractivity contribution in [2.24, 2.45) is 11.3 Å². The number of hydrogen-bond donors (Lipinski definition) is 1. The zero-order valence-corrected chi connectivity index (χ0v) is 16.6. The average Bonchev–Trinajstić information content (AvgIpc) is 2.60. The lowest BCUT2D eigenvalue weighted by molar-refractivity contribution is -0.372. The fourth-order valence-electron chi connectivity index (χ4n) is 2.06. The number of thioether (sulfide) groups is 1. The van der Waals surface area contributed by atoms with Crippen LogP contribution in [0.5, 0.6) is 0 Å². The summed E-state index contributed by atoms with van der Waals surface area (Å²) in [5, 5.41) is 0. The van der Waals surface area contributed by atoms with Gasteiger partial charge in [-0.15, -0.1) is 0 Å². The Morgan fingerprint density at radius 2 is 1.92 bits per heavy atom. The standard InChI is InChI=1S/C17H31NO6S/c1-5-23-15(20)13(2)6-8-17(3,16(21)24-10-9-18)12-25-11-7-14(19)22-4/h13H,5-12,18H2,1-4H3/p+1. The second-order valence-corrected chi connectivity index (χ2v) is 7.23. The predicted octanol–water partition coefficient (Wildman–Crippen LogP) is 1.05. The molecule has 2 atom stereocenters. The molecule has 146 valence electrons. The van der Waals surface area contributed by atoms with E-state index in [-0.39, 0.29) is 30.4 Å². The third-order valence-corrected chi connectivity index (χ3v) is 5.12. The molecule has 0 spiro atoms. The number of esters is 3. The van der Waals surface area contributed by atoms with E-state index in [0.717, 1.165) is 0 Å². The normalized spacial score (nSPS) is 14.3. The van der Waals surface area contributed by atoms with Crippen molar-refractivity contribution < 1.29 is 34.3 Å². The Bertz CT molecular complexity index is 431. The summed E-state index contributed by atoms with van der Waals surface area (Å²) in [6, 6.07) is 0. The summed E-state index contributed by atoms with van der Waals surface area (Å²) < 4.78 is 14.9. The van der Waals surface area contributed by atoms with Crippen LogP contribution in [0.3, 0.4) is 0 Å². The topological polar surface area (TPSA) is 107 Å². The molecule has 0 rings (SSSR count). The van der Waals surface area contributed by atoms with E-state index in [4.69, 9.17) is 9.47 Å². The summed E-state index contributed by atoms with van der Waals surface area (Å²) in [5.41, 5.74) is 2.94. The molecule has 0 aliphatic carbocycles. The maximum absolute atomic E-state index is 12.4. The molecule has 0 aromatic rings. The van der Waals surface area contributed by atoms with E-state index in [1.807, 2.05) is 6.92 Å². The molecule has 7 nitrogen and oxygen atoms in total. The van der Waals surface area contributed by atoms with Gasteiger partial charge in [-0.1, -0.05) is 6.92 Å². The van der Waals surface area contributed by atoms with E-state index in [1.54, 1.807) is 13.8 Å². The molecule has 0 aromatic carbocycles. The smallest absolute Gasteiger partial charge is 0.312 e. The molecule has 0 aliphatic rings. The summed E-state index contributed by atoms with van der Waals surface area (Å²) in [6.45, 7) is 6.52. The lowest BCUT2D eigenvalue weighted by atomic mass is 9.85. The minimum absolute atomic E-state index is 0.255. The van der Waals surface area contributed by atoms with Crippen molar-refractivity contribution in [3.8, 4) is 0 Å². The highest BCUT2D eigenvalue weighted by Crippen LogP contribution is 2.32. The Hall–Kier alpha value is -1.28. The van der Waals surface area contributed by atoms with Crippen LogP contribution in [0.15, 0.2) is 0 Å². The van der Waals surface area contributed by atoms with Crippen molar-refractivity contribution in [3.63, 3.8) is 0 Å². The molecule has 25 heavy (non-hydrogen) atoms. The number of ether oxygens (including phenoxy) is 3. The largest absolute Gasteiger partial charge is 0.469 e. The molecule has 0 heterocycles. The van der Waals surface area contributed by atoms with Crippen LogP contribution in [0.2, 0.25) is 0 Å². The first-order valence-electron chi connectivity index (χ1n) is 8.58. The molecule has 0 radical (unpaired) electrons. The minimum Gasteiger partial charge on any atom is -0.469 e. The second kappa shape index (κ2) is 13.0. The van der Waals surface area contributed by atoms with Crippen LogP contribution in [0.1, 0.15) is 40.0 Å². The van der Waals surface area contributed by atoms with Gasteiger partial charge in [0, 0.05) is 11.5 Å². The Labute approximate surface area is 154 Å². The van der Waals surface area contributed by atoms with Crippen LogP contribution in [0.25, 0.3) is 0 Å². The first kappa shape index (κ1) is 23.7. The van der Waals surface area contributed by atoms with Gasteiger partial charge in [0.2, 0.25) is 0 Å². The Morgan fingerprint density at radius 3 is 2.48 bits per heavy atom. The molecule has 0 aliphatic heterocycles. The predicted molar refractivity (Wildman–Crippen MR) is 95.8 cm³/mol. The van der Waals surface area contributed by atoms with Gasteiger partial charge in [-0.2, -0.15) is 11.8 Å². The van der Waals surface area contributed by atoms with E-state index in [1.165, 1.54) is 18.9 Å². The van der Waals surface area contributed by atoms with Crippen LogP contribution in [0, 0.1) is 11.3 Å². The Kier molecular flexibility index (Phi) is 12.3. The highest BCUT2D eigenvalue weighted by atomic mass is 32.2. The zero-order chi connectivity index (χ0) is 19.3.